The SMILES string of the molecule is CCC(C)(CNC)Oc1ccc(OC(F)(F)F)cc1. The fraction of sp³-hybridized carbons (Fsp3) is 0.538. The van der Waals surface area contributed by atoms with E-state index in [1.165, 1.54) is 24.3 Å². The van der Waals surface area contributed by atoms with Gasteiger partial charge in [0.25, 0.3) is 0 Å². The van der Waals surface area contributed by atoms with Crippen LogP contribution in [0.2, 0.25) is 0 Å². The van der Waals surface area contributed by atoms with Crippen molar-refractivity contribution in [2.75, 3.05) is 13.6 Å². The first-order valence-corrected chi connectivity index (χ1v) is 5.97. The van der Waals surface area contributed by atoms with Gasteiger partial charge >= 0.3 is 6.36 Å². The molecule has 0 bridgehead atoms. The summed E-state index contributed by atoms with van der Waals surface area (Å²) in [5.74, 6) is 0.251. The Kier molecular flexibility index (Phi) is 5.05. The highest BCUT2D eigenvalue weighted by Crippen LogP contribution is 2.27. The normalized spacial score (nSPS) is 14.8. The number of hydrogen-bond donors (Lipinski definition) is 1. The van der Waals surface area contributed by atoms with Gasteiger partial charge < -0.3 is 14.8 Å². The third-order valence-electron chi connectivity index (χ3n) is 2.72. The summed E-state index contributed by atoms with van der Waals surface area (Å²) in [6.07, 6.45) is -3.90. The van der Waals surface area contributed by atoms with Crippen molar-refractivity contribution in [3.8, 4) is 11.5 Å². The zero-order chi connectivity index (χ0) is 14.5. The van der Waals surface area contributed by atoms with Crippen LogP contribution in [0.5, 0.6) is 11.5 Å². The van der Waals surface area contributed by atoms with Crippen LogP contribution in [-0.4, -0.2) is 25.6 Å². The van der Waals surface area contributed by atoms with Crippen LogP contribution in [-0.2, 0) is 0 Å². The van der Waals surface area contributed by atoms with Gasteiger partial charge in [-0.05, 0) is 44.7 Å². The fourth-order valence-corrected chi connectivity index (χ4v) is 1.60. The number of alkyl halides is 3. The molecule has 3 nitrogen and oxygen atoms in total. The van der Waals surface area contributed by atoms with Gasteiger partial charge in [-0.1, -0.05) is 6.92 Å². The van der Waals surface area contributed by atoms with Crippen molar-refractivity contribution in [1.29, 1.82) is 0 Å². The van der Waals surface area contributed by atoms with Gasteiger partial charge in [0.05, 0.1) is 0 Å². The van der Waals surface area contributed by atoms with Crippen LogP contribution < -0.4 is 14.8 Å². The Morgan fingerprint density at radius 1 is 1.05 bits per heavy atom. The molecule has 0 amide bonds. The number of benzene rings is 1. The smallest absolute Gasteiger partial charge is 0.486 e. The lowest BCUT2D eigenvalue weighted by Crippen LogP contribution is -2.41. The van der Waals surface area contributed by atoms with Gasteiger partial charge in [-0.2, -0.15) is 0 Å². The summed E-state index contributed by atoms with van der Waals surface area (Å²) in [4.78, 5) is 0. The molecule has 0 saturated carbocycles. The highest BCUT2D eigenvalue weighted by atomic mass is 19.4. The average molecular weight is 277 g/mol. The van der Waals surface area contributed by atoms with Crippen molar-refractivity contribution in [3.63, 3.8) is 0 Å². The van der Waals surface area contributed by atoms with E-state index in [1.54, 1.807) is 0 Å². The monoisotopic (exact) mass is 277 g/mol. The zero-order valence-electron chi connectivity index (χ0n) is 11.2. The van der Waals surface area contributed by atoms with E-state index in [0.29, 0.717) is 12.3 Å². The Morgan fingerprint density at radius 3 is 1.89 bits per heavy atom. The minimum absolute atomic E-state index is 0.258. The standard InChI is InChI=1S/C13H18F3NO2/c1-4-12(2,9-17-3)18-10-5-7-11(8-6-10)19-13(14,15)16/h5-8,17H,4,9H2,1-3H3. The van der Waals surface area contributed by atoms with Crippen molar-refractivity contribution in [1.82, 2.24) is 5.32 Å². The van der Waals surface area contributed by atoms with Gasteiger partial charge in [-0.25, -0.2) is 0 Å². The first kappa shape index (κ1) is 15.6. The summed E-state index contributed by atoms with van der Waals surface area (Å²) < 4.78 is 45.6. The molecule has 0 aliphatic carbocycles. The quantitative estimate of drug-likeness (QED) is 0.865. The van der Waals surface area contributed by atoms with Crippen LogP contribution in [0.25, 0.3) is 0 Å². The van der Waals surface area contributed by atoms with Crippen LogP contribution in [0.4, 0.5) is 13.2 Å². The molecule has 0 fully saturated rings. The second kappa shape index (κ2) is 6.14. The van der Waals surface area contributed by atoms with Crippen molar-refractivity contribution < 1.29 is 22.6 Å². The summed E-state index contributed by atoms with van der Waals surface area (Å²) in [7, 11) is 1.82. The maximum absolute atomic E-state index is 12.0. The lowest BCUT2D eigenvalue weighted by Gasteiger charge is -2.29. The molecule has 1 N–H and O–H groups in total. The first-order valence-electron chi connectivity index (χ1n) is 5.97. The molecule has 1 rings (SSSR count). The maximum atomic E-state index is 12.0. The summed E-state index contributed by atoms with van der Waals surface area (Å²) >= 11 is 0. The number of rotatable bonds is 6. The molecule has 108 valence electrons. The van der Waals surface area contributed by atoms with Crippen LogP contribution in [0.15, 0.2) is 24.3 Å². The van der Waals surface area contributed by atoms with Gasteiger partial charge in [-0.3, -0.25) is 0 Å². The number of hydrogen-bond acceptors (Lipinski definition) is 3. The van der Waals surface area contributed by atoms with E-state index in [-0.39, 0.29) is 5.75 Å². The van der Waals surface area contributed by atoms with Crippen LogP contribution >= 0.6 is 0 Å². The summed E-state index contributed by atoms with van der Waals surface area (Å²) in [6.45, 7) is 4.56. The number of nitrogens with one attached hydrogen (secondary N) is 1. The molecule has 0 aliphatic rings. The molecule has 0 aromatic heterocycles. The van der Waals surface area contributed by atoms with E-state index in [1.807, 2.05) is 20.9 Å². The Bertz CT molecular complexity index is 392. The summed E-state index contributed by atoms with van der Waals surface area (Å²) in [6, 6.07) is 5.39. The van der Waals surface area contributed by atoms with Crippen molar-refractivity contribution in [3.05, 3.63) is 24.3 Å². The number of ether oxygens (including phenoxy) is 2. The second-order valence-corrected chi connectivity index (χ2v) is 4.46. The van der Waals surface area contributed by atoms with Crippen LogP contribution in [0.3, 0.4) is 0 Å². The third kappa shape index (κ3) is 5.38. The first-order chi connectivity index (χ1) is 8.78. The third-order valence-corrected chi connectivity index (χ3v) is 2.72. The largest absolute Gasteiger partial charge is 0.573 e. The fourth-order valence-electron chi connectivity index (χ4n) is 1.60. The number of halogens is 3. The molecule has 1 aromatic carbocycles. The van der Waals surface area contributed by atoms with Crippen molar-refractivity contribution in [2.45, 2.75) is 32.2 Å². The molecule has 1 aromatic rings. The average Bonchev–Trinajstić information content (AvgIpc) is 2.30. The molecular formula is C13H18F3NO2. The summed E-state index contributed by atoms with van der Waals surface area (Å²) in [5.41, 5.74) is -0.402. The maximum Gasteiger partial charge on any atom is 0.573 e. The van der Waals surface area contributed by atoms with E-state index < -0.39 is 12.0 Å². The molecule has 0 aliphatic heterocycles. The van der Waals surface area contributed by atoms with E-state index in [0.717, 1.165) is 6.42 Å². The predicted molar refractivity (Wildman–Crippen MR) is 66.4 cm³/mol. The van der Waals surface area contributed by atoms with E-state index in [9.17, 15) is 13.2 Å². The van der Waals surface area contributed by atoms with E-state index >= 15 is 0 Å². The lowest BCUT2D eigenvalue weighted by molar-refractivity contribution is -0.274. The predicted octanol–water partition coefficient (Wildman–Crippen LogP) is 3.35. The van der Waals surface area contributed by atoms with Crippen molar-refractivity contribution in [2.24, 2.45) is 0 Å². The topological polar surface area (TPSA) is 30.5 Å². The van der Waals surface area contributed by atoms with Gasteiger partial charge in [0.1, 0.15) is 17.1 Å². The highest BCUT2D eigenvalue weighted by molar-refractivity contribution is 5.31. The van der Waals surface area contributed by atoms with Crippen LogP contribution in [0, 0.1) is 0 Å². The van der Waals surface area contributed by atoms with Gasteiger partial charge in [0, 0.05) is 6.54 Å². The zero-order valence-corrected chi connectivity index (χ0v) is 11.2. The molecule has 0 saturated heterocycles. The molecule has 0 spiro atoms. The Labute approximate surface area is 110 Å². The minimum Gasteiger partial charge on any atom is -0.486 e. The van der Waals surface area contributed by atoms with Gasteiger partial charge in [0.15, 0.2) is 0 Å². The number of likely N-dealkylation sites (N-methyl/N-ethyl adjacent to an activating group) is 1. The summed E-state index contributed by atoms with van der Waals surface area (Å²) in [5, 5.41) is 3.02. The molecule has 6 heteroatoms. The Balaban J connectivity index is 2.71. The molecule has 19 heavy (non-hydrogen) atoms. The Hall–Kier alpha value is -1.43. The Morgan fingerprint density at radius 2 is 1.53 bits per heavy atom. The molecule has 0 radical (unpaired) electrons. The van der Waals surface area contributed by atoms with Gasteiger partial charge in [-0.15, -0.1) is 13.2 Å². The van der Waals surface area contributed by atoms with Crippen molar-refractivity contribution >= 4 is 0 Å². The minimum atomic E-state index is -4.67. The molecule has 0 heterocycles. The van der Waals surface area contributed by atoms with E-state index in [2.05, 4.69) is 10.1 Å². The molecule has 1 unspecified atom stereocenters. The lowest BCUT2D eigenvalue weighted by atomic mass is 10.0. The second-order valence-electron chi connectivity index (χ2n) is 4.46. The van der Waals surface area contributed by atoms with E-state index in [4.69, 9.17) is 4.74 Å². The van der Waals surface area contributed by atoms with Crippen LogP contribution in [0.1, 0.15) is 20.3 Å². The molecular weight excluding hydrogens is 259 g/mol. The van der Waals surface area contributed by atoms with Gasteiger partial charge in [0.2, 0.25) is 0 Å². The molecule has 1 atom stereocenters. The highest BCUT2D eigenvalue weighted by Gasteiger charge is 2.31.